The second kappa shape index (κ2) is 5.63. The van der Waals surface area contributed by atoms with Gasteiger partial charge in [-0.1, -0.05) is 11.6 Å². The fourth-order valence-corrected chi connectivity index (χ4v) is 2.21. The molecule has 0 unspecified atom stereocenters. The molecule has 0 saturated carbocycles. The van der Waals surface area contributed by atoms with Crippen LogP contribution in [-0.2, 0) is 0 Å². The Labute approximate surface area is 124 Å². The molecule has 0 aliphatic carbocycles. The Bertz CT molecular complexity index is 643. The molecule has 0 saturated heterocycles. The summed E-state index contributed by atoms with van der Waals surface area (Å²) in [6.45, 7) is 1.85. The van der Waals surface area contributed by atoms with Crippen LogP contribution in [-0.4, -0.2) is 5.91 Å². The van der Waals surface area contributed by atoms with Gasteiger partial charge in [-0.15, -0.1) is 0 Å². The maximum absolute atomic E-state index is 12.1. The lowest BCUT2D eigenvalue weighted by molar-refractivity contribution is 0.102. The highest BCUT2D eigenvalue weighted by Crippen LogP contribution is 2.26. The third-order valence-corrected chi connectivity index (χ3v) is 3.89. The van der Waals surface area contributed by atoms with Gasteiger partial charge in [0.05, 0.1) is 5.02 Å². The van der Waals surface area contributed by atoms with Crippen LogP contribution in [0.5, 0.6) is 0 Å². The lowest BCUT2D eigenvalue weighted by Gasteiger charge is -2.09. The molecule has 0 aliphatic rings. The lowest BCUT2D eigenvalue weighted by Crippen LogP contribution is -2.13. The van der Waals surface area contributed by atoms with Gasteiger partial charge in [0.1, 0.15) is 0 Å². The number of nitrogen functional groups attached to an aromatic ring is 1. The van der Waals surface area contributed by atoms with Crippen LogP contribution in [0.15, 0.2) is 40.9 Å². The highest BCUT2D eigenvalue weighted by Gasteiger charge is 2.10. The molecule has 0 spiro atoms. The van der Waals surface area contributed by atoms with Gasteiger partial charge in [-0.05, 0) is 64.8 Å². The van der Waals surface area contributed by atoms with Crippen LogP contribution in [0, 0.1) is 6.92 Å². The molecule has 2 aromatic carbocycles. The lowest BCUT2D eigenvalue weighted by atomic mass is 10.1. The number of amides is 1. The molecule has 19 heavy (non-hydrogen) atoms. The molecule has 2 rings (SSSR count). The number of nitrogens with two attached hydrogens (primary N) is 1. The zero-order valence-corrected chi connectivity index (χ0v) is 12.5. The summed E-state index contributed by atoms with van der Waals surface area (Å²) in [5.74, 6) is -0.174. The van der Waals surface area contributed by atoms with Gasteiger partial charge in [0.2, 0.25) is 0 Å². The third kappa shape index (κ3) is 3.28. The van der Waals surface area contributed by atoms with E-state index in [4.69, 9.17) is 17.3 Å². The number of nitrogens with one attached hydrogen (secondary N) is 1. The summed E-state index contributed by atoms with van der Waals surface area (Å²) in [4.78, 5) is 12.1. The second-order valence-electron chi connectivity index (χ2n) is 4.16. The molecule has 0 aromatic heterocycles. The highest BCUT2D eigenvalue weighted by molar-refractivity contribution is 9.10. The molecule has 0 atom stereocenters. The van der Waals surface area contributed by atoms with E-state index in [-0.39, 0.29) is 5.91 Å². The van der Waals surface area contributed by atoms with Crippen LogP contribution < -0.4 is 11.1 Å². The van der Waals surface area contributed by atoms with Crippen LogP contribution in [0.1, 0.15) is 15.9 Å². The third-order valence-electron chi connectivity index (χ3n) is 2.67. The van der Waals surface area contributed by atoms with Gasteiger partial charge in [-0.3, -0.25) is 4.79 Å². The number of anilines is 2. The monoisotopic (exact) mass is 338 g/mol. The van der Waals surface area contributed by atoms with E-state index < -0.39 is 0 Å². The number of hydrogen-bond donors (Lipinski definition) is 2. The maximum atomic E-state index is 12.1. The quantitative estimate of drug-likeness (QED) is 0.804. The van der Waals surface area contributed by atoms with E-state index in [0.29, 0.717) is 22.0 Å². The minimum atomic E-state index is -0.174. The van der Waals surface area contributed by atoms with Gasteiger partial charge >= 0.3 is 0 Å². The minimum Gasteiger partial charge on any atom is -0.399 e. The number of carbonyl (C=O) groups is 1. The molecule has 0 radical (unpaired) electrons. The first-order valence-electron chi connectivity index (χ1n) is 5.60. The van der Waals surface area contributed by atoms with Gasteiger partial charge in [0, 0.05) is 21.4 Å². The van der Waals surface area contributed by atoms with Crippen molar-refractivity contribution in [2.45, 2.75) is 6.92 Å². The molecule has 5 heteroatoms. The second-order valence-corrected chi connectivity index (χ2v) is 5.42. The minimum absolute atomic E-state index is 0.174. The van der Waals surface area contributed by atoms with E-state index in [0.717, 1.165) is 10.0 Å². The predicted octanol–water partition coefficient (Wildman–Crippen LogP) is 4.25. The van der Waals surface area contributed by atoms with Gasteiger partial charge in [-0.2, -0.15) is 0 Å². The molecule has 1 amide bonds. The van der Waals surface area contributed by atoms with Gasteiger partial charge in [0.15, 0.2) is 0 Å². The van der Waals surface area contributed by atoms with Crippen molar-refractivity contribution < 1.29 is 4.79 Å². The largest absolute Gasteiger partial charge is 0.399 e. The number of rotatable bonds is 2. The van der Waals surface area contributed by atoms with E-state index in [2.05, 4.69) is 21.2 Å². The summed E-state index contributed by atoms with van der Waals surface area (Å²) in [6, 6.07) is 10.4. The summed E-state index contributed by atoms with van der Waals surface area (Å²) in [5.41, 5.74) is 8.42. The van der Waals surface area contributed by atoms with Crippen molar-refractivity contribution in [1.29, 1.82) is 0 Å². The van der Waals surface area contributed by atoms with E-state index in [9.17, 15) is 4.79 Å². The van der Waals surface area contributed by atoms with E-state index in [1.165, 1.54) is 0 Å². The Hall–Kier alpha value is -1.52. The zero-order chi connectivity index (χ0) is 14.0. The first-order valence-corrected chi connectivity index (χ1v) is 6.77. The normalized spacial score (nSPS) is 10.3. The number of halogens is 2. The average Bonchev–Trinajstić information content (AvgIpc) is 2.33. The summed E-state index contributed by atoms with van der Waals surface area (Å²) < 4.78 is 0.737. The van der Waals surface area contributed by atoms with Gasteiger partial charge < -0.3 is 11.1 Å². The fourth-order valence-electron chi connectivity index (χ4n) is 1.71. The smallest absolute Gasteiger partial charge is 0.255 e. The van der Waals surface area contributed by atoms with E-state index in [1.54, 1.807) is 36.4 Å². The number of carbonyl (C=O) groups excluding carboxylic acids is 1. The van der Waals surface area contributed by atoms with E-state index in [1.807, 2.05) is 6.92 Å². The van der Waals surface area contributed by atoms with Crippen molar-refractivity contribution in [2.75, 3.05) is 11.1 Å². The zero-order valence-electron chi connectivity index (χ0n) is 10.2. The van der Waals surface area contributed by atoms with Crippen LogP contribution in [0.25, 0.3) is 0 Å². The molecule has 3 N–H and O–H groups in total. The molecule has 0 aliphatic heterocycles. The Morgan fingerprint density at radius 1 is 1.26 bits per heavy atom. The Morgan fingerprint density at radius 3 is 2.63 bits per heavy atom. The molecular weight excluding hydrogens is 328 g/mol. The summed E-state index contributed by atoms with van der Waals surface area (Å²) in [5, 5.41) is 3.42. The van der Waals surface area contributed by atoms with Crippen molar-refractivity contribution in [3.8, 4) is 0 Å². The maximum Gasteiger partial charge on any atom is 0.255 e. The number of benzene rings is 2. The standard InChI is InChI=1S/C14H12BrClN2O/c1-8-6-9(17)2-4-11(8)14(19)18-10-3-5-13(16)12(15)7-10/h2-7H,17H2,1H3,(H,18,19). The van der Waals surface area contributed by atoms with Crippen molar-refractivity contribution in [3.05, 3.63) is 57.0 Å². The van der Waals surface area contributed by atoms with Crippen LogP contribution in [0.3, 0.4) is 0 Å². The molecule has 98 valence electrons. The fraction of sp³-hybridized carbons (Fsp3) is 0.0714. The van der Waals surface area contributed by atoms with Crippen molar-refractivity contribution in [2.24, 2.45) is 0 Å². The Kier molecular flexibility index (Phi) is 4.12. The highest BCUT2D eigenvalue weighted by atomic mass is 79.9. The Balaban J connectivity index is 2.23. The van der Waals surface area contributed by atoms with Crippen molar-refractivity contribution >= 4 is 44.8 Å². The van der Waals surface area contributed by atoms with Crippen LogP contribution in [0.4, 0.5) is 11.4 Å². The van der Waals surface area contributed by atoms with Crippen molar-refractivity contribution in [3.63, 3.8) is 0 Å². The molecule has 0 heterocycles. The number of hydrogen-bond acceptors (Lipinski definition) is 2. The summed E-state index contributed by atoms with van der Waals surface area (Å²) in [6.07, 6.45) is 0. The van der Waals surface area contributed by atoms with Crippen LogP contribution in [0.2, 0.25) is 5.02 Å². The van der Waals surface area contributed by atoms with Crippen molar-refractivity contribution in [1.82, 2.24) is 0 Å². The molecule has 0 bridgehead atoms. The first-order chi connectivity index (χ1) is 8.97. The predicted molar refractivity (Wildman–Crippen MR) is 82.7 cm³/mol. The summed E-state index contributed by atoms with van der Waals surface area (Å²) in [7, 11) is 0. The van der Waals surface area contributed by atoms with Crippen LogP contribution >= 0.6 is 27.5 Å². The average molecular weight is 340 g/mol. The first kappa shape index (κ1) is 13.9. The van der Waals surface area contributed by atoms with Gasteiger partial charge in [-0.25, -0.2) is 0 Å². The Morgan fingerprint density at radius 2 is 2.00 bits per heavy atom. The molecular formula is C14H12BrClN2O. The summed E-state index contributed by atoms with van der Waals surface area (Å²) >= 11 is 9.22. The molecule has 0 fully saturated rings. The van der Waals surface area contributed by atoms with E-state index >= 15 is 0 Å². The molecule has 3 nitrogen and oxygen atoms in total. The topological polar surface area (TPSA) is 55.1 Å². The van der Waals surface area contributed by atoms with Gasteiger partial charge in [0.25, 0.3) is 5.91 Å². The number of aryl methyl sites for hydroxylation is 1. The SMILES string of the molecule is Cc1cc(N)ccc1C(=O)Nc1ccc(Cl)c(Br)c1. The molecule has 2 aromatic rings.